The Bertz CT molecular complexity index is 488. The highest BCUT2D eigenvalue weighted by atomic mass is 16.1. The maximum atomic E-state index is 12.7. The summed E-state index contributed by atoms with van der Waals surface area (Å²) in [5, 5.41) is 0. The average Bonchev–Trinajstić information content (AvgIpc) is 2.84. The van der Waals surface area contributed by atoms with E-state index in [0.717, 1.165) is 19.4 Å². The summed E-state index contributed by atoms with van der Waals surface area (Å²) in [4.78, 5) is 12.7. The van der Waals surface area contributed by atoms with Gasteiger partial charge in [0.1, 0.15) is 0 Å². The van der Waals surface area contributed by atoms with Crippen molar-refractivity contribution in [2.24, 2.45) is 17.8 Å². The monoisotopic (exact) mass is 259 g/mol. The number of hydrogen-bond acceptors (Lipinski definition) is 4. The second kappa shape index (κ2) is 4.94. The molecule has 0 radical (unpaired) electrons. The summed E-state index contributed by atoms with van der Waals surface area (Å²) < 4.78 is 0. The number of nitrogens with one attached hydrogen (secondary N) is 2. The normalized spacial score (nSPS) is 33.9. The Morgan fingerprint density at radius 3 is 2.89 bits per heavy atom. The van der Waals surface area contributed by atoms with Gasteiger partial charge in [0.2, 0.25) is 0 Å². The molecule has 1 aliphatic heterocycles. The van der Waals surface area contributed by atoms with Crippen LogP contribution in [0.25, 0.3) is 0 Å². The minimum atomic E-state index is 0.104. The highest BCUT2D eigenvalue weighted by Gasteiger charge is 2.40. The molecule has 4 atom stereocenters. The largest absolute Gasteiger partial charge is 0.398 e. The number of fused-ring (bicyclic) bond motifs is 1. The summed E-state index contributed by atoms with van der Waals surface area (Å²) in [6.07, 6.45) is 2.01. The van der Waals surface area contributed by atoms with Gasteiger partial charge < -0.3 is 5.73 Å². The van der Waals surface area contributed by atoms with Gasteiger partial charge in [-0.2, -0.15) is 0 Å². The molecule has 4 nitrogen and oxygen atoms in total. The van der Waals surface area contributed by atoms with E-state index in [0.29, 0.717) is 29.1 Å². The van der Waals surface area contributed by atoms with Crippen molar-refractivity contribution < 1.29 is 4.79 Å². The van der Waals surface area contributed by atoms with E-state index in [2.05, 4.69) is 17.8 Å². The van der Waals surface area contributed by atoms with Gasteiger partial charge in [0, 0.05) is 29.8 Å². The van der Waals surface area contributed by atoms with Crippen molar-refractivity contribution in [3.05, 3.63) is 29.8 Å². The molecular formula is C15H21N3O. The van der Waals surface area contributed by atoms with Crippen LogP contribution in [0.2, 0.25) is 0 Å². The van der Waals surface area contributed by atoms with Crippen molar-refractivity contribution in [1.82, 2.24) is 10.9 Å². The van der Waals surface area contributed by atoms with E-state index in [9.17, 15) is 4.79 Å². The quantitative estimate of drug-likeness (QED) is 0.557. The number of benzene rings is 1. The number of carbonyl (C=O) groups is 1. The summed E-state index contributed by atoms with van der Waals surface area (Å²) >= 11 is 0. The Morgan fingerprint density at radius 2 is 2.11 bits per heavy atom. The van der Waals surface area contributed by atoms with Crippen LogP contribution in [-0.2, 0) is 0 Å². The molecule has 1 aliphatic carbocycles. The third kappa shape index (κ3) is 2.26. The molecule has 0 aromatic heterocycles. The second-order valence-electron chi connectivity index (χ2n) is 5.90. The van der Waals surface area contributed by atoms with Crippen molar-refractivity contribution >= 4 is 11.5 Å². The van der Waals surface area contributed by atoms with E-state index in [1.165, 1.54) is 0 Å². The number of Topliss-reactive ketones (excluding diaryl/α,β-unsaturated/α-hetero) is 1. The van der Waals surface area contributed by atoms with Gasteiger partial charge in [-0.3, -0.25) is 15.6 Å². The van der Waals surface area contributed by atoms with Crippen LogP contribution in [0.3, 0.4) is 0 Å². The molecule has 1 saturated heterocycles. The maximum absolute atomic E-state index is 12.7. The molecule has 1 aromatic carbocycles. The van der Waals surface area contributed by atoms with Crippen molar-refractivity contribution in [3.63, 3.8) is 0 Å². The molecule has 19 heavy (non-hydrogen) atoms. The first-order chi connectivity index (χ1) is 9.16. The van der Waals surface area contributed by atoms with Gasteiger partial charge in [-0.25, -0.2) is 0 Å². The van der Waals surface area contributed by atoms with Crippen molar-refractivity contribution in [2.75, 3.05) is 12.3 Å². The zero-order valence-electron chi connectivity index (χ0n) is 11.2. The molecule has 4 unspecified atom stereocenters. The van der Waals surface area contributed by atoms with E-state index >= 15 is 0 Å². The molecule has 1 saturated carbocycles. The van der Waals surface area contributed by atoms with Gasteiger partial charge >= 0.3 is 0 Å². The predicted octanol–water partition coefficient (Wildman–Crippen LogP) is 1.59. The van der Waals surface area contributed by atoms with Gasteiger partial charge in [-0.05, 0) is 36.8 Å². The van der Waals surface area contributed by atoms with Gasteiger partial charge in [0.05, 0.1) is 0 Å². The molecule has 0 bridgehead atoms. The third-order valence-electron chi connectivity index (χ3n) is 4.65. The minimum absolute atomic E-state index is 0.104. The number of hydrogen-bond donors (Lipinski definition) is 3. The molecule has 3 rings (SSSR count). The number of nitrogen functional groups attached to an aromatic ring is 1. The summed E-state index contributed by atoms with van der Waals surface area (Å²) in [5.74, 6) is 1.29. The van der Waals surface area contributed by atoms with Gasteiger partial charge in [0.25, 0.3) is 0 Å². The van der Waals surface area contributed by atoms with Crippen LogP contribution in [0.5, 0.6) is 0 Å². The fourth-order valence-electron chi connectivity index (χ4n) is 3.49. The number of anilines is 1. The zero-order valence-corrected chi connectivity index (χ0v) is 11.2. The summed E-state index contributed by atoms with van der Waals surface area (Å²) in [5.41, 5.74) is 13.8. The molecule has 1 aromatic rings. The Labute approximate surface area is 113 Å². The number of carbonyl (C=O) groups excluding carboxylic acids is 1. The van der Waals surface area contributed by atoms with Gasteiger partial charge in [-0.15, -0.1) is 0 Å². The van der Waals surface area contributed by atoms with Crippen molar-refractivity contribution in [2.45, 2.75) is 25.8 Å². The lowest BCUT2D eigenvalue weighted by Gasteiger charge is -2.35. The Morgan fingerprint density at radius 1 is 1.32 bits per heavy atom. The Kier molecular flexibility index (Phi) is 3.29. The van der Waals surface area contributed by atoms with E-state index < -0.39 is 0 Å². The molecule has 1 heterocycles. The van der Waals surface area contributed by atoms with Crippen LogP contribution >= 0.6 is 0 Å². The summed E-state index contributed by atoms with van der Waals surface area (Å²) in [7, 11) is 0. The number of rotatable bonds is 2. The number of hydrazine groups is 1. The summed E-state index contributed by atoms with van der Waals surface area (Å²) in [6.45, 7) is 3.14. The van der Waals surface area contributed by atoms with Crippen molar-refractivity contribution in [1.29, 1.82) is 0 Å². The summed E-state index contributed by atoms with van der Waals surface area (Å²) in [6, 6.07) is 7.94. The minimum Gasteiger partial charge on any atom is -0.398 e. The standard InChI is InChI=1S/C15H21N3O/c1-9-6-14-10(8-17-18-14)7-12(9)15(19)11-4-2-3-5-13(11)16/h2-5,9-10,12,14,17-18H,6-8,16H2,1H3. The first kappa shape index (κ1) is 12.6. The molecule has 0 amide bonds. The van der Waals surface area contributed by atoms with Crippen LogP contribution in [0.4, 0.5) is 5.69 Å². The first-order valence-electron chi connectivity index (χ1n) is 7.04. The van der Waals surface area contributed by atoms with Crippen LogP contribution in [0.1, 0.15) is 30.1 Å². The van der Waals surface area contributed by atoms with Gasteiger partial charge in [0.15, 0.2) is 5.78 Å². The molecule has 2 aliphatic rings. The first-order valence-corrected chi connectivity index (χ1v) is 7.04. The van der Waals surface area contributed by atoms with E-state index in [1.807, 2.05) is 24.3 Å². The molecule has 4 N–H and O–H groups in total. The molecule has 0 spiro atoms. The lowest BCUT2D eigenvalue weighted by molar-refractivity contribution is 0.0786. The fraction of sp³-hybridized carbons (Fsp3) is 0.533. The zero-order chi connectivity index (χ0) is 13.4. The smallest absolute Gasteiger partial charge is 0.168 e. The number of ketones is 1. The molecule has 4 heteroatoms. The predicted molar refractivity (Wildman–Crippen MR) is 75.5 cm³/mol. The molecule has 2 fully saturated rings. The third-order valence-corrected chi connectivity index (χ3v) is 4.65. The number of nitrogens with two attached hydrogens (primary N) is 1. The number of para-hydroxylation sites is 1. The topological polar surface area (TPSA) is 67.1 Å². The fourth-order valence-corrected chi connectivity index (χ4v) is 3.49. The second-order valence-corrected chi connectivity index (χ2v) is 5.90. The Hall–Kier alpha value is -1.39. The lowest BCUT2D eigenvalue weighted by atomic mass is 9.70. The SMILES string of the molecule is CC1CC2NNCC2CC1C(=O)c1ccccc1N. The van der Waals surface area contributed by atoms with E-state index in [4.69, 9.17) is 5.73 Å². The average molecular weight is 259 g/mol. The van der Waals surface area contributed by atoms with E-state index in [1.54, 1.807) is 0 Å². The van der Waals surface area contributed by atoms with Crippen LogP contribution in [-0.4, -0.2) is 18.4 Å². The van der Waals surface area contributed by atoms with Crippen LogP contribution in [0, 0.1) is 17.8 Å². The van der Waals surface area contributed by atoms with Gasteiger partial charge in [-0.1, -0.05) is 19.1 Å². The lowest BCUT2D eigenvalue weighted by Crippen LogP contribution is -2.41. The molecule has 102 valence electrons. The Balaban J connectivity index is 1.81. The van der Waals surface area contributed by atoms with Crippen LogP contribution < -0.4 is 16.6 Å². The van der Waals surface area contributed by atoms with Crippen LogP contribution in [0.15, 0.2) is 24.3 Å². The molecular weight excluding hydrogens is 238 g/mol. The van der Waals surface area contributed by atoms with Crippen molar-refractivity contribution in [3.8, 4) is 0 Å². The highest BCUT2D eigenvalue weighted by molar-refractivity contribution is 6.02. The highest BCUT2D eigenvalue weighted by Crippen LogP contribution is 2.37. The van der Waals surface area contributed by atoms with E-state index in [-0.39, 0.29) is 11.7 Å². The maximum Gasteiger partial charge on any atom is 0.168 e.